The monoisotopic (exact) mass is 234 g/mol. The van der Waals surface area contributed by atoms with Crippen LogP contribution in [0.5, 0.6) is 0 Å². The van der Waals surface area contributed by atoms with Gasteiger partial charge in [-0.3, -0.25) is 0 Å². The highest BCUT2D eigenvalue weighted by atomic mass is 16.5. The van der Waals surface area contributed by atoms with Crippen LogP contribution >= 0.6 is 0 Å². The second-order valence-electron chi connectivity index (χ2n) is 4.80. The third kappa shape index (κ3) is 6.48. The highest BCUT2D eigenvalue weighted by Gasteiger charge is 2.07. The number of ether oxygens (including phenoxy) is 1. The molecule has 0 aliphatic heterocycles. The maximum Gasteiger partial charge on any atom is 0.0717 e. The molecule has 0 aliphatic rings. The van der Waals surface area contributed by atoms with Crippen molar-refractivity contribution in [2.75, 3.05) is 6.61 Å². The average molecular weight is 234 g/mol. The van der Waals surface area contributed by atoms with Gasteiger partial charge in [-0.15, -0.1) is 0 Å². The summed E-state index contributed by atoms with van der Waals surface area (Å²) in [7, 11) is 0. The van der Waals surface area contributed by atoms with E-state index in [-0.39, 0.29) is 0 Å². The van der Waals surface area contributed by atoms with Crippen molar-refractivity contribution in [1.29, 1.82) is 0 Å². The molecular weight excluding hydrogens is 208 g/mol. The first-order chi connectivity index (χ1) is 8.36. The number of unbranched alkanes of at least 4 members (excludes halogenated alkanes) is 1. The molecule has 1 atom stereocenters. The first-order valence-corrected chi connectivity index (χ1v) is 6.98. The molecule has 0 heterocycles. The van der Waals surface area contributed by atoms with Crippen LogP contribution in [0.25, 0.3) is 0 Å². The zero-order valence-corrected chi connectivity index (χ0v) is 11.3. The van der Waals surface area contributed by atoms with Crippen molar-refractivity contribution in [1.82, 2.24) is 0 Å². The molecule has 0 aromatic heterocycles. The van der Waals surface area contributed by atoms with Crippen molar-refractivity contribution in [3.05, 3.63) is 35.9 Å². The van der Waals surface area contributed by atoms with E-state index in [2.05, 4.69) is 38.1 Å². The first-order valence-electron chi connectivity index (χ1n) is 6.98. The highest BCUT2D eigenvalue weighted by Crippen LogP contribution is 2.16. The SMILES string of the molecule is CCCCC(CCC)COCc1ccccc1. The van der Waals surface area contributed by atoms with Crippen LogP contribution < -0.4 is 0 Å². The molecule has 0 aliphatic carbocycles. The lowest BCUT2D eigenvalue weighted by atomic mass is 9.98. The summed E-state index contributed by atoms with van der Waals surface area (Å²) in [5.74, 6) is 0.753. The van der Waals surface area contributed by atoms with Gasteiger partial charge in [0.25, 0.3) is 0 Å². The zero-order valence-electron chi connectivity index (χ0n) is 11.3. The largest absolute Gasteiger partial charge is 0.376 e. The van der Waals surface area contributed by atoms with Gasteiger partial charge in [-0.25, -0.2) is 0 Å². The molecule has 0 bridgehead atoms. The minimum Gasteiger partial charge on any atom is -0.376 e. The van der Waals surface area contributed by atoms with Crippen molar-refractivity contribution in [2.24, 2.45) is 5.92 Å². The van der Waals surface area contributed by atoms with E-state index >= 15 is 0 Å². The van der Waals surface area contributed by atoms with Gasteiger partial charge in [-0.2, -0.15) is 0 Å². The molecular formula is C16H26O. The van der Waals surface area contributed by atoms with Gasteiger partial charge in [0.05, 0.1) is 6.61 Å². The minimum atomic E-state index is 0.753. The van der Waals surface area contributed by atoms with E-state index in [0.717, 1.165) is 19.1 Å². The topological polar surface area (TPSA) is 9.23 Å². The Balaban J connectivity index is 2.22. The Morgan fingerprint density at radius 1 is 1.00 bits per heavy atom. The predicted molar refractivity (Wildman–Crippen MR) is 74.0 cm³/mol. The van der Waals surface area contributed by atoms with Crippen molar-refractivity contribution >= 4 is 0 Å². The van der Waals surface area contributed by atoms with Crippen molar-refractivity contribution in [3.63, 3.8) is 0 Å². The Labute approximate surface area is 106 Å². The van der Waals surface area contributed by atoms with E-state index in [1.165, 1.54) is 37.7 Å². The van der Waals surface area contributed by atoms with Gasteiger partial charge < -0.3 is 4.74 Å². The first kappa shape index (κ1) is 14.2. The minimum absolute atomic E-state index is 0.753. The maximum atomic E-state index is 5.83. The van der Waals surface area contributed by atoms with Gasteiger partial charge in [0.15, 0.2) is 0 Å². The predicted octanol–water partition coefficient (Wildman–Crippen LogP) is 4.81. The normalized spacial score (nSPS) is 12.6. The molecule has 0 fully saturated rings. The van der Waals surface area contributed by atoms with E-state index in [0.29, 0.717) is 0 Å². The second-order valence-corrected chi connectivity index (χ2v) is 4.80. The molecule has 0 saturated heterocycles. The van der Waals surface area contributed by atoms with E-state index < -0.39 is 0 Å². The van der Waals surface area contributed by atoms with Gasteiger partial charge in [-0.05, 0) is 24.3 Å². The number of rotatable bonds is 9. The molecule has 0 radical (unpaired) electrons. The van der Waals surface area contributed by atoms with Crippen LogP contribution in [0.1, 0.15) is 51.5 Å². The summed E-state index contributed by atoms with van der Waals surface area (Å²) in [6.45, 7) is 6.19. The van der Waals surface area contributed by atoms with Gasteiger partial charge in [0.1, 0.15) is 0 Å². The lowest BCUT2D eigenvalue weighted by Crippen LogP contribution is -2.09. The summed E-state index contributed by atoms with van der Waals surface area (Å²) in [4.78, 5) is 0. The van der Waals surface area contributed by atoms with E-state index in [9.17, 15) is 0 Å². The number of benzene rings is 1. The van der Waals surface area contributed by atoms with E-state index in [1.54, 1.807) is 0 Å². The Morgan fingerprint density at radius 3 is 2.41 bits per heavy atom. The maximum absolute atomic E-state index is 5.83. The molecule has 0 N–H and O–H groups in total. The van der Waals surface area contributed by atoms with Crippen molar-refractivity contribution in [2.45, 2.75) is 52.6 Å². The Kier molecular flexibility index (Phi) is 7.74. The fraction of sp³-hybridized carbons (Fsp3) is 0.625. The fourth-order valence-corrected chi connectivity index (χ4v) is 2.13. The van der Waals surface area contributed by atoms with Gasteiger partial charge >= 0.3 is 0 Å². The summed E-state index contributed by atoms with van der Waals surface area (Å²) in [6, 6.07) is 10.4. The molecule has 17 heavy (non-hydrogen) atoms. The lowest BCUT2D eigenvalue weighted by molar-refractivity contribution is 0.0801. The molecule has 0 spiro atoms. The standard InChI is InChI=1S/C16H26O/c1-3-5-10-15(9-4-2)13-17-14-16-11-7-6-8-12-16/h6-8,11-12,15H,3-5,9-10,13-14H2,1-2H3. The average Bonchev–Trinajstić information content (AvgIpc) is 2.37. The van der Waals surface area contributed by atoms with E-state index in [1.807, 2.05) is 6.07 Å². The Bertz CT molecular complexity index is 268. The van der Waals surface area contributed by atoms with Crippen LogP contribution in [-0.4, -0.2) is 6.61 Å². The summed E-state index contributed by atoms with van der Waals surface area (Å²) < 4.78 is 5.83. The molecule has 1 aromatic carbocycles. The number of hydrogen-bond donors (Lipinski definition) is 0. The molecule has 1 nitrogen and oxygen atoms in total. The van der Waals surface area contributed by atoms with Crippen LogP contribution in [0.3, 0.4) is 0 Å². The van der Waals surface area contributed by atoms with Gasteiger partial charge in [0.2, 0.25) is 0 Å². The molecule has 0 amide bonds. The molecule has 1 rings (SSSR count). The summed E-state index contributed by atoms with van der Waals surface area (Å²) in [6.07, 6.45) is 6.51. The highest BCUT2D eigenvalue weighted by molar-refractivity contribution is 5.13. The van der Waals surface area contributed by atoms with Crippen LogP contribution in [-0.2, 0) is 11.3 Å². The Morgan fingerprint density at radius 2 is 1.76 bits per heavy atom. The zero-order chi connectivity index (χ0) is 12.3. The Hall–Kier alpha value is -0.820. The van der Waals surface area contributed by atoms with Crippen LogP contribution in [0.2, 0.25) is 0 Å². The van der Waals surface area contributed by atoms with Crippen molar-refractivity contribution in [3.8, 4) is 0 Å². The van der Waals surface area contributed by atoms with Crippen molar-refractivity contribution < 1.29 is 4.74 Å². The van der Waals surface area contributed by atoms with Gasteiger partial charge in [0, 0.05) is 6.61 Å². The van der Waals surface area contributed by atoms with Crippen LogP contribution in [0.4, 0.5) is 0 Å². The summed E-state index contributed by atoms with van der Waals surface area (Å²) >= 11 is 0. The lowest BCUT2D eigenvalue weighted by Gasteiger charge is -2.16. The van der Waals surface area contributed by atoms with E-state index in [4.69, 9.17) is 4.74 Å². The molecule has 0 saturated carbocycles. The molecule has 96 valence electrons. The smallest absolute Gasteiger partial charge is 0.0717 e. The summed E-state index contributed by atoms with van der Waals surface area (Å²) in [5.41, 5.74) is 1.28. The third-order valence-corrected chi connectivity index (χ3v) is 3.13. The van der Waals surface area contributed by atoms with Crippen LogP contribution in [0.15, 0.2) is 30.3 Å². The van der Waals surface area contributed by atoms with Gasteiger partial charge in [-0.1, -0.05) is 63.4 Å². The number of hydrogen-bond acceptors (Lipinski definition) is 1. The molecule has 1 heteroatoms. The quantitative estimate of drug-likeness (QED) is 0.596. The van der Waals surface area contributed by atoms with Crippen LogP contribution in [0, 0.1) is 5.92 Å². The fourth-order valence-electron chi connectivity index (χ4n) is 2.13. The third-order valence-electron chi connectivity index (χ3n) is 3.13. The molecule has 1 unspecified atom stereocenters. The second kappa shape index (κ2) is 9.23. The molecule has 1 aromatic rings. The summed E-state index contributed by atoms with van der Waals surface area (Å²) in [5, 5.41) is 0.